The van der Waals surface area contributed by atoms with Gasteiger partial charge in [0.05, 0.1) is 4.91 Å². The minimum Gasteiger partial charge on any atom is -0.306 e. The van der Waals surface area contributed by atoms with Crippen LogP contribution in [-0.4, -0.2) is 33.5 Å². The SMILES string of the molecule is C=C(C1CCN(C)C1)S(=O)(=O)Cl. The molecule has 1 unspecified atom stereocenters. The molecule has 0 spiro atoms. The van der Waals surface area contributed by atoms with Gasteiger partial charge in [0, 0.05) is 23.1 Å². The Kier molecular flexibility index (Phi) is 2.81. The van der Waals surface area contributed by atoms with Crippen LogP contribution in [0.3, 0.4) is 0 Å². The van der Waals surface area contributed by atoms with Crippen LogP contribution in [0.2, 0.25) is 0 Å². The molecule has 12 heavy (non-hydrogen) atoms. The Hall–Kier alpha value is -0.0600. The molecule has 0 aromatic rings. The van der Waals surface area contributed by atoms with Crippen molar-refractivity contribution in [3.8, 4) is 0 Å². The normalized spacial score (nSPS) is 26.0. The third kappa shape index (κ3) is 2.21. The number of nitrogens with zero attached hydrogens (tertiary/aromatic N) is 1. The Balaban J connectivity index is 2.68. The van der Waals surface area contributed by atoms with Gasteiger partial charge in [0.1, 0.15) is 0 Å². The van der Waals surface area contributed by atoms with Crippen LogP contribution in [-0.2, 0) is 9.05 Å². The van der Waals surface area contributed by atoms with E-state index in [4.69, 9.17) is 10.7 Å². The van der Waals surface area contributed by atoms with Crippen molar-refractivity contribution >= 4 is 19.7 Å². The number of hydrogen-bond acceptors (Lipinski definition) is 3. The Labute approximate surface area is 77.4 Å². The lowest BCUT2D eigenvalue weighted by atomic mass is 10.1. The van der Waals surface area contributed by atoms with Crippen molar-refractivity contribution in [3.63, 3.8) is 0 Å². The summed E-state index contributed by atoms with van der Waals surface area (Å²) in [4.78, 5) is 2.23. The second kappa shape index (κ2) is 3.36. The Morgan fingerprint density at radius 3 is 2.58 bits per heavy atom. The van der Waals surface area contributed by atoms with Crippen LogP contribution in [0.25, 0.3) is 0 Å². The standard InChI is InChI=1S/C7H12ClNO2S/c1-6(12(8,10)11)7-3-4-9(2)5-7/h7H,1,3-5H2,2H3. The molecule has 1 saturated heterocycles. The molecule has 3 nitrogen and oxygen atoms in total. The van der Waals surface area contributed by atoms with Crippen molar-refractivity contribution in [3.05, 3.63) is 11.5 Å². The summed E-state index contributed by atoms with van der Waals surface area (Å²) in [5.74, 6) is 0.0116. The summed E-state index contributed by atoms with van der Waals surface area (Å²) in [6, 6.07) is 0. The van der Waals surface area contributed by atoms with Crippen LogP contribution in [0, 0.1) is 5.92 Å². The number of halogens is 1. The Morgan fingerprint density at radius 2 is 2.25 bits per heavy atom. The van der Waals surface area contributed by atoms with Gasteiger partial charge >= 0.3 is 0 Å². The van der Waals surface area contributed by atoms with Crippen LogP contribution in [0.1, 0.15) is 6.42 Å². The zero-order valence-corrected chi connectivity index (χ0v) is 8.53. The number of hydrogen-bond donors (Lipinski definition) is 0. The maximum absolute atomic E-state index is 10.9. The maximum atomic E-state index is 10.9. The van der Waals surface area contributed by atoms with Gasteiger partial charge in [0.15, 0.2) is 0 Å². The molecule has 1 atom stereocenters. The van der Waals surface area contributed by atoms with E-state index < -0.39 is 9.05 Å². The minimum atomic E-state index is -3.56. The maximum Gasteiger partial charge on any atom is 0.257 e. The van der Waals surface area contributed by atoms with E-state index in [1.165, 1.54) is 0 Å². The highest BCUT2D eigenvalue weighted by Crippen LogP contribution is 2.27. The molecular formula is C7H12ClNO2S. The zero-order chi connectivity index (χ0) is 9.35. The molecule has 1 fully saturated rings. The molecule has 0 aromatic carbocycles. The van der Waals surface area contributed by atoms with E-state index in [0.717, 1.165) is 19.5 Å². The second-order valence-corrected chi connectivity index (χ2v) is 5.77. The van der Waals surface area contributed by atoms with Crippen LogP contribution >= 0.6 is 10.7 Å². The summed E-state index contributed by atoms with van der Waals surface area (Å²) >= 11 is 0. The van der Waals surface area contributed by atoms with Gasteiger partial charge in [-0.15, -0.1) is 0 Å². The Morgan fingerprint density at radius 1 is 1.67 bits per heavy atom. The molecule has 0 radical (unpaired) electrons. The molecule has 0 saturated carbocycles. The lowest BCUT2D eigenvalue weighted by Crippen LogP contribution is -2.16. The highest BCUT2D eigenvalue weighted by Gasteiger charge is 2.27. The predicted octanol–water partition coefficient (Wildman–Crippen LogP) is 1.02. The molecule has 0 aromatic heterocycles. The first kappa shape index (κ1) is 10.0. The first-order chi connectivity index (χ1) is 5.41. The molecule has 0 amide bonds. The van der Waals surface area contributed by atoms with Crippen LogP contribution in [0.4, 0.5) is 0 Å². The molecular weight excluding hydrogens is 198 g/mol. The molecule has 1 heterocycles. The summed E-state index contributed by atoms with van der Waals surface area (Å²) < 4.78 is 21.7. The third-order valence-corrected chi connectivity index (χ3v) is 3.71. The van der Waals surface area contributed by atoms with E-state index >= 15 is 0 Å². The first-order valence-electron chi connectivity index (χ1n) is 3.73. The lowest BCUT2D eigenvalue weighted by Gasteiger charge is -2.10. The summed E-state index contributed by atoms with van der Waals surface area (Å²) in [6.07, 6.45) is 0.835. The largest absolute Gasteiger partial charge is 0.306 e. The van der Waals surface area contributed by atoms with Crippen molar-refractivity contribution < 1.29 is 8.42 Å². The van der Waals surface area contributed by atoms with Crippen molar-refractivity contribution in [2.75, 3.05) is 20.1 Å². The molecule has 1 aliphatic heterocycles. The van der Waals surface area contributed by atoms with E-state index in [1.807, 2.05) is 7.05 Å². The molecule has 5 heteroatoms. The highest BCUT2D eigenvalue weighted by molar-refractivity contribution is 8.16. The van der Waals surface area contributed by atoms with Gasteiger partial charge in [-0.25, -0.2) is 8.42 Å². The molecule has 0 bridgehead atoms. The van der Waals surface area contributed by atoms with E-state index in [2.05, 4.69) is 11.5 Å². The van der Waals surface area contributed by atoms with Gasteiger partial charge in [0.2, 0.25) is 0 Å². The summed E-state index contributed by atoms with van der Waals surface area (Å²) in [6.45, 7) is 5.15. The van der Waals surface area contributed by atoms with Gasteiger partial charge in [0.25, 0.3) is 9.05 Å². The van der Waals surface area contributed by atoms with Crippen LogP contribution in [0.5, 0.6) is 0 Å². The summed E-state index contributed by atoms with van der Waals surface area (Å²) in [5, 5.41) is 0. The van der Waals surface area contributed by atoms with Crippen molar-refractivity contribution in [1.29, 1.82) is 0 Å². The zero-order valence-electron chi connectivity index (χ0n) is 6.96. The third-order valence-electron chi connectivity index (χ3n) is 2.16. The second-order valence-electron chi connectivity index (χ2n) is 3.15. The Bertz CT molecular complexity index is 286. The predicted molar refractivity (Wildman–Crippen MR) is 49.5 cm³/mol. The topological polar surface area (TPSA) is 37.4 Å². The quantitative estimate of drug-likeness (QED) is 0.638. The van der Waals surface area contributed by atoms with Gasteiger partial charge in [-0.2, -0.15) is 0 Å². The molecule has 1 rings (SSSR count). The smallest absolute Gasteiger partial charge is 0.257 e. The van der Waals surface area contributed by atoms with Crippen molar-refractivity contribution in [2.24, 2.45) is 5.92 Å². The fourth-order valence-corrected chi connectivity index (χ4v) is 2.37. The van der Waals surface area contributed by atoms with E-state index in [1.54, 1.807) is 0 Å². The first-order valence-corrected chi connectivity index (χ1v) is 6.04. The summed E-state index contributed by atoms with van der Waals surface area (Å²) in [7, 11) is 3.56. The monoisotopic (exact) mass is 209 g/mol. The van der Waals surface area contributed by atoms with Gasteiger partial charge in [-0.1, -0.05) is 6.58 Å². The number of likely N-dealkylation sites (tertiary alicyclic amines) is 1. The molecule has 0 N–H and O–H groups in total. The summed E-state index contributed by atoms with van der Waals surface area (Å²) in [5.41, 5.74) is 0. The molecule has 70 valence electrons. The molecule has 1 aliphatic rings. The lowest BCUT2D eigenvalue weighted by molar-refractivity contribution is 0.407. The van der Waals surface area contributed by atoms with E-state index in [-0.39, 0.29) is 10.8 Å². The fourth-order valence-electron chi connectivity index (χ4n) is 1.40. The van der Waals surface area contributed by atoms with Gasteiger partial charge in [-0.05, 0) is 20.0 Å². The van der Waals surface area contributed by atoms with Gasteiger partial charge < -0.3 is 4.90 Å². The van der Waals surface area contributed by atoms with Crippen LogP contribution in [0.15, 0.2) is 11.5 Å². The average Bonchev–Trinajstić information content (AvgIpc) is 2.32. The minimum absolute atomic E-state index is 0.0116. The van der Waals surface area contributed by atoms with Crippen molar-refractivity contribution in [1.82, 2.24) is 4.90 Å². The van der Waals surface area contributed by atoms with Crippen molar-refractivity contribution in [2.45, 2.75) is 6.42 Å². The fraction of sp³-hybridized carbons (Fsp3) is 0.714. The molecule has 0 aliphatic carbocycles. The van der Waals surface area contributed by atoms with Gasteiger partial charge in [-0.3, -0.25) is 0 Å². The van der Waals surface area contributed by atoms with E-state index in [0.29, 0.717) is 0 Å². The number of rotatable bonds is 2. The highest BCUT2D eigenvalue weighted by atomic mass is 35.7. The van der Waals surface area contributed by atoms with Crippen LogP contribution < -0.4 is 0 Å². The average molecular weight is 210 g/mol. The van der Waals surface area contributed by atoms with E-state index in [9.17, 15) is 8.42 Å².